The van der Waals surface area contributed by atoms with E-state index in [0.717, 1.165) is 5.56 Å². The second-order valence-corrected chi connectivity index (χ2v) is 5.61. The first kappa shape index (κ1) is 15.2. The second-order valence-electron chi connectivity index (χ2n) is 4.35. The number of aryl methyl sites for hydroxylation is 1. The fourth-order valence-electron chi connectivity index (χ4n) is 1.81. The van der Waals surface area contributed by atoms with Gasteiger partial charge in [0.1, 0.15) is 5.69 Å². The normalized spacial score (nSPS) is 10.8. The predicted octanol–water partition coefficient (Wildman–Crippen LogP) is 3.48. The topological polar surface area (TPSA) is 44.1 Å². The fraction of sp³-hybridized carbons (Fsp3) is 0.286. The van der Waals surface area contributed by atoms with E-state index in [1.807, 2.05) is 13.0 Å². The minimum atomic E-state index is -0.118. The number of ketones is 1. The van der Waals surface area contributed by atoms with Crippen molar-refractivity contribution in [2.75, 3.05) is 13.7 Å². The molecule has 0 unspecified atom stereocenters. The Morgan fingerprint density at radius 2 is 2.25 bits per heavy atom. The molecule has 2 rings (SSSR count). The van der Waals surface area contributed by atoms with E-state index < -0.39 is 0 Å². The summed E-state index contributed by atoms with van der Waals surface area (Å²) >= 11 is 9.44. The van der Waals surface area contributed by atoms with Crippen molar-refractivity contribution in [2.45, 2.75) is 13.5 Å². The van der Waals surface area contributed by atoms with Crippen molar-refractivity contribution in [3.05, 3.63) is 50.7 Å². The maximum Gasteiger partial charge on any atom is 0.212 e. The summed E-state index contributed by atoms with van der Waals surface area (Å²) in [6.07, 6.45) is 1.61. The van der Waals surface area contributed by atoms with Crippen LogP contribution in [0.3, 0.4) is 0 Å². The van der Waals surface area contributed by atoms with Gasteiger partial charge in [-0.05, 0) is 34.5 Å². The zero-order chi connectivity index (χ0) is 14.7. The lowest BCUT2D eigenvalue weighted by Crippen LogP contribution is -2.14. The average Bonchev–Trinajstić information content (AvgIpc) is 2.80. The number of rotatable bonds is 5. The fourth-order valence-corrected chi connectivity index (χ4v) is 2.46. The van der Waals surface area contributed by atoms with Crippen LogP contribution in [0.4, 0.5) is 0 Å². The van der Waals surface area contributed by atoms with Crippen LogP contribution in [0.5, 0.6) is 0 Å². The molecule has 0 N–H and O–H groups in total. The van der Waals surface area contributed by atoms with Crippen molar-refractivity contribution >= 4 is 33.3 Å². The van der Waals surface area contributed by atoms with Gasteiger partial charge < -0.3 is 4.74 Å². The Hall–Kier alpha value is -1.17. The Morgan fingerprint density at radius 1 is 1.50 bits per heavy atom. The third kappa shape index (κ3) is 3.11. The number of nitrogens with zero attached hydrogens (tertiary/aromatic N) is 2. The number of benzene rings is 1. The molecule has 106 valence electrons. The van der Waals surface area contributed by atoms with Crippen LogP contribution in [0.15, 0.2) is 28.9 Å². The standard InChI is InChI=1S/C14H14BrClN2O2/c1-9-3-4-10(7-12(9)16)14(19)13-11(15)8-17-18(13)5-6-20-2/h3-4,7-8H,5-6H2,1-2H3. The number of carbonyl (C=O) groups excluding carboxylic acids is 1. The van der Waals surface area contributed by atoms with E-state index in [9.17, 15) is 4.79 Å². The van der Waals surface area contributed by atoms with Crippen molar-refractivity contribution in [1.82, 2.24) is 9.78 Å². The first-order valence-corrected chi connectivity index (χ1v) is 7.22. The Balaban J connectivity index is 2.37. The zero-order valence-corrected chi connectivity index (χ0v) is 13.5. The summed E-state index contributed by atoms with van der Waals surface area (Å²) in [5.74, 6) is -0.118. The van der Waals surface area contributed by atoms with E-state index in [1.165, 1.54) is 0 Å². The summed E-state index contributed by atoms with van der Waals surface area (Å²) in [4.78, 5) is 12.6. The minimum absolute atomic E-state index is 0.118. The minimum Gasteiger partial charge on any atom is -0.383 e. The molecule has 2 aromatic rings. The smallest absolute Gasteiger partial charge is 0.212 e. The Bertz CT molecular complexity index is 640. The number of hydrogen-bond donors (Lipinski definition) is 0. The van der Waals surface area contributed by atoms with Crippen LogP contribution in [0.25, 0.3) is 0 Å². The van der Waals surface area contributed by atoms with Gasteiger partial charge in [-0.25, -0.2) is 0 Å². The van der Waals surface area contributed by atoms with E-state index in [4.69, 9.17) is 16.3 Å². The quantitative estimate of drug-likeness (QED) is 0.770. The number of carbonyl (C=O) groups is 1. The van der Waals surface area contributed by atoms with Gasteiger partial charge in [-0.3, -0.25) is 9.48 Å². The maximum atomic E-state index is 12.6. The van der Waals surface area contributed by atoms with Crippen molar-refractivity contribution < 1.29 is 9.53 Å². The summed E-state index contributed by atoms with van der Waals surface area (Å²) in [6, 6.07) is 5.28. The highest BCUT2D eigenvalue weighted by atomic mass is 79.9. The number of methoxy groups -OCH3 is 1. The molecule has 4 nitrogen and oxygen atoms in total. The molecule has 0 aliphatic heterocycles. The monoisotopic (exact) mass is 356 g/mol. The first-order chi connectivity index (χ1) is 9.54. The molecule has 6 heteroatoms. The molecule has 0 fully saturated rings. The molecular formula is C14H14BrClN2O2. The van der Waals surface area contributed by atoms with Crippen LogP contribution < -0.4 is 0 Å². The third-order valence-electron chi connectivity index (χ3n) is 2.95. The number of halogens is 2. The number of hydrogen-bond acceptors (Lipinski definition) is 3. The highest BCUT2D eigenvalue weighted by Gasteiger charge is 2.19. The molecule has 0 atom stereocenters. The van der Waals surface area contributed by atoms with E-state index in [-0.39, 0.29) is 5.78 Å². The van der Waals surface area contributed by atoms with Crippen molar-refractivity contribution in [2.24, 2.45) is 0 Å². The lowest BCUT2D eigenvalue weighted by Gasteiger charge is -2.08. The van der Waals surface area contributed by atoms with E-state index in [2.05, 4.69) is 21.0 Å². The zero-order valence-electron chi connectivity index (χ0n) is 11.2. The molecule has 1 aromatic heterocycles. The van der Waals surface area contributed by atoms with Crippen LogP contribution >= 0.6 is 27.5 Å². The molecular weight excluding hydrogens is 344 g/mol. The van der Waals surface area contributed by atoms with Gasteiger partial charge in [-0.15, -0.1) is 0 Å². The SMILES string of the molecule is COCCn1ncc(Br)c1C(=O)c1ccc(C)c(Cl)c1. The van der Waals surface area contributed by atoms with Gasteiger partial charge in [0.25, 0.3) is 0 Å². The van der Waals surface area contributed by atoms with Crippen LogP contribution in [0.1, 0.15) is 21.6 Å². The Kier molecular flexibility index (Phi) is 4.96. The average molecular weight is 358 g/mol. The van der Waals surface area contributed by atoms with Crippen molar-refractivity contribution in [1.29, 1.82) is 0 Å². The van der Waals surface area contributed by atoms with Crippen LogP contribution in [0.2, 0.25) is 5.02 Å². The molecule has 0 spiro atoms. The molecule has 0 saturated carbocycles. The Morgan fingerprint density at radius 3 is 2.90 bits per heavy atom. The summed E-state index contributed by atoms with van der Waals surface area (Å²) < 4.78 is 7.31. The summed E-state index contributed by atoms with van der Waals surface area (Å²) in [5, 5.41) is 4.75. The van der Waals surface area contributed by atoms with E-state index in [1.54, 1.807) is 30.1 Å². The second kappa shape index (κ2) is 6.52. The molecule has 1 heterocycles. The summed E-state index contributed by atoms with van der Waals surface area (Å²) in [7, 11) is 1.61. The van der Waals surface area contributed by atoms with Crippen LogP contribution in [0, 0.1) is 6.92 Å². The molecule has 0 radical (unpaired) electrons. The maximum absolute atomic E-state index is 12.6. The number of ether oxygens (including phenoxy) is 1. The number of aromatic nitrogens is 2. The van der Waals surface area contributed by atoms with Gasteiger partial charge in [-0.1, -0.05) is 23.7 Å². The Labute approximate surface area is 130 Å². The van der Waals surface area contributed by atoms with E-state index in [0.29, 0.717) is 33.9 Å². The van der Waals surface area contributed by atoms with Gasteiger partial charge in [0.05, 0.1) is 23.8 Å². The molecule has 1 aromatic carbocycles. The van der Waals surface area contributed by atoms with Gasteiger partial charge >= 0.3 is 0 Å². The van der Waals surface area contributed by atoms with Gasteiger partial charge in [0, 0.05) is 17.7 Å². The predicted molar refractivity (Wildman–Crippen MR) is 81.4 cm³/mol. The van der Waals surface area contributed by atoms with E-state index >= 15 is 0 Å². The molecule has 0 amide bonds. The highest BCUT2D eigenvalue weighted by Crippen LogP contribution is 2.23. The summed E-state index contributed by atoms with van der Waals surface area (Å²) in [6.45, 7) is 2.90. The first-order valence-electron chi connectivity index (χ1n) is 6.05. The largest absolute Gasteiger partial charge is 0.383 e. The van der Waals surface area contributed by atoms with Crippen LogP contribution in [-0.4, -0.2) is 29.3 Å². The molecule has 0 aliphatic rings. The van der Waals surface area contributed by atoms with Crippen molar-refractivity contribution in [3.8, 4) is 0 Å². The molecule has 20 heavy (non-hydrogen) atoms. The molecule has 0 aliphatic carbocycles. The molecule has 0 saturated heterocycles. The third-order valence-corrected chi connectivity index (χ3v) is 3.94. The van der Waals surface area contributed by atoms with Gasteiger partial charge in [0.2, 0.25) is 5.78 Å². The summed E-state index contributed by atoms with van der Waals surface area (Å²) in [5.41, 5.74) is 1.98. The highest BCUT2D eigenvalue weighted by molar-refractivity contribution is 9.10. The van der Waals surface area contributed by atoms with Gasteiger partial charge in [0.15, 0.2) is 0 Å². The van der Waals surface area contributed by atoms with Gasteiger partial charge in [-0.2, -0.15) is 5.10 Å². The van der Waals surface area contributed by atoms with Crippen LogP contribution in [-0.2, 0) is 11.3 Å². The lowest BCUT2D eigenvalue weighted by atomic mass is 10.1. The van der Waals surface area contributed by atoms with Crippen molar-refractivity contribution in [3.63, 3.8) is 0 Å². The lowest BCUT2D eigenvalue weighted by molar-refractivity contribution is 0.102. The molecule has 0 bridgehead atoms.